The predicted octanol–water partition coefficient (Wildman–Crippen LogP) is 8.15. The summed E-state index contributed by atoms with van der Waals surface area (Å²) in [5, 5.41) is 0. The lowest BCUT2D eigenvalue weighted by molar-refractivity contribution is -0.154. The van der Waals surface area contributed by atoms with Gasteiger partial charge in [0.25, 0.3) is 0 Å². The Morgan fingerprint density at radius 3 is 1.26 bits per heavy atom. The van der Waals surface area contributed by atoms with Crippen molar-refractivity contribution in [3.8, 4) is 0 Å². The fourth-order valence-corrected chi connectivity index (χ4v) is 3.71. The highest BCUT2D eigenvalue weighted by atomic mass is 16.6. The molecule has 0 aromatic heterocycles. The molecule has 0 spiro atoms. The van der Waals surface area contributed by atoms with Crippen LogP contribution in [0.2, 0.25) is 0 Å². The number of hydrogen-bond acceptors (Lipinski definition) is 9. The quantitative estimate of drug-likeness (QED) is 0.178. The molecule has 1 unspecified atom stereocenters. The first kappa shape index (κ1) is 46.7. The Hall–Kier alpha value is -2.29. The fraction of sp³-hybridized carbons (Fsp3) is 0.848. The molecule has 250 valence electrons. The van der Waals surface area contributed by atoms with Gasteiger partial charge in [0.05, 0.1) is 32.3 Å². The van der Waals surface area contributed by atoms with Crippen molar-refractivity contribution in [1.29, 1.82) is 0 Å². The van der Waals surface area contributed by atoms with Gasteiger partial charge in [-0.25, -0.2) is 0 Å². The SMILES string of the molecule is C1CCCC1.CC.CC.CCC(=O)OC.CCC1CC(=O)OC1=O.CCC1CCCC1.CCOC.O=C1CCC(=O)O1. The molecule has 0 aromatic rings. The van der Waals surface area contributed by atoms with Crippen molar-refractivity contribution >= 4 is 29.8 Å². The lowest BCUT2D eigenvalue weighted by atomic mass is 10.1. The van der Waals surface area contributed by atoms with E-state index in [4.69, 9.17) is 0 Å². The molecule has 0 N–H and O–H groups in total. The molecule has 2 saturated carbocycles. The van der Waals surface area contributed by atoms with Crippen LogP contribution in [0.1, 0.15) is 152 Å². The Morgan fingerprint density at radius 1 is 0.690 bits per heavy atom. The number of methoxy groups -OCH3 is 2. The third-order valence-corrected chi connectivity index (χ3v) is 6.32. The lowest BCUT2D eigenvalue weighted by Gasteiger charge is -1.99. The van der Waals surface area contributed by atoms with E-state index >= 15 is 0 Å². The van der Waals surface area contributed by atoms with Crippen LogP contribution in [-0.4, -0.2) is 50.7 Å². The van der Waals surface area contributed by atoms with E-state index in [1.54, 1.807) is 14.0 Å². The average molecular weight is 605 g/mol. The molecule has 9 nitrogen and oxygen atoms in total. The van der Waals surface area contributed by atoms with Crippen molar-refractivity contribution in [3.05, 3.63) is 0 Å². The van der Waals surface area contributed by atoms with Crippen LogP contribution in [-0.2, 0) is 42.9 Å². The highest BCUT2D eigenvalue weighted by Gasteiger charge is 2.31. The summed E-state index contributed by atoms with van der Waals surface area (Å²) in [6, 6.07) is 0. The molecular formula is C33H64O9. The van der Waals surface area contributed by atoms with Crippen LogP contribution in [0.4, 0.5) is 0 Å². The summed E-state index contributed by atoms with van der Waals surface area (Å²) in [6.45, 7) is 16.7. The Kier molecular flexibility index (Phi) is 40.8. The molecule has 4 aliphatic rings. The number of ether oxygens (including phenoxy) is 4. The van der Waals surface area contributed by atoms with E-state index in [0.29, 0.717) is 12.8 Å². The predicted molar refractivity (Wildman–Crippen MR) is 168 cm³/mol. The first-order chi connectivity index (χ1) is 20.2. The number of cyclic esters (lactones) is 4. The standard InChI is InChI=1S/C7H14.C6H8O3.C5H10.C4H4O3.C4H8O2.C3H8O.2C2H6/c1-2-7-5-3-4-6-7;1-2-4-3-5(7)9-6(4)8;1-2-4-5-3-1;5-3-1-2-4(6)7-3;1-3-4(5)6-2;1-3-4-2;2*1-2/h7H,2-6H2,1H3;4H,2-3H2,1H3;1-5H2;1-2H2;3H2,1-2H3;3H2,1-2H3;2*1-2H3. The number of carbonyl (C=O) groups excluding carboxylic acids is 5. The first-order valence-electron chi connectivity index (χ1n) is 16.2. The van der Waals surface area contributed by atoms with Crippen molar-refractivity contribution in [1.82, 2.24) is 0 Å². The summed E-state index contributed by atoms with van der Waals surface area (Å²) < 4.78 is 17.2. The first-order valence-corrected chi connectivity index (χ1v) is 16.2. The number of carbonyl (C=O) groups is 5. The summed E-state index contributed by atoms with van der Waals surface area (Å²) in [5.41, 5.74) is 0. The van der Waals surface area contributed by atoms with Gasteiger partial charge in [-0.2, -0.15) is 0 Å². The van der Waals surface area contributed by atoms with Gasteiger partial charge in [-0.05, 0) is 19.3 Å². The Balaban J connectivity index is -0.000000204. The van der Waals surface area contributed by atoms with E-state index < -0.39 is 11.9 Å². The zero-order valence-corrected chi connectivity index (χ0v) is 28.6. The fourth-order valence-electron chi connectivity index (χ4n) is 3.71. The van der Waals surface area contributed by atoms with Gasteiger partial charge >= 0.3 is 29.8 Å². The topological polar surface area (TPSA) is 122 Å². The van der Waals surface area contributed by atoms with Crippen molar-refractivity contribution in [2.45, 2.75) is 152 Å². The molecular weight excluding hydrogens is 540 g/mol. The van der Waals surface area contributed by atoms with Gasteiger partial charge in [-0.1, -0.05) is 113 Å². The maximum atomic E-state index is 10.6. The second-order valence-electron chi connectivity index (χ2n) is 9.28. The highest BCUT2D eigenvalue weighted by Crippen LogP contribution is 2.26. The molecule has 2 aliphatic carbocycles. The Morgan fingerprint density at radius 2 is 1.12 bits per heavy atom. The van der Waals surface area contributed by atoms with Crippen LogP contribution >= 0.6 is 0 Å². The molecule has 1 atom stereocenters. The van der Waals surface area contributed by atoms with Gasteiger partial charge in [0.2, 0.25) is 0 Å². The molecule has 0 bridgehead atoms. The molecule has 2 saturated heterocycles. The number of hydrogen-bond donors (Lipinski definition) is 0. The van der Waals surface area contributed by atoms with Crippen molar-refractivity contribution in [2.24, 2.45) is 11.8 Å². The molecule has 0 aromatic carbocycles. The van der Waals surface area contributed by atoms with Gasteiger partial charge in [0.15, 0.2) is 0 Å². The second kappa shape index (κ2) is 36.7. The van der Waals surface area contributed by atoms with E-state index in [1.165, 1.54) is 71.3 Å². The summed E-state index contributed by atoms with van der Waals surface area (Å²) in [7, 11) is 3.06. The summed E-state index contributed by atoms with van der Waals surface area (Å²) in [5.74, 6) is -0.767. The maximum Gasteiger partial charge on any atom is 0.317 e. The van der Waals surface area contributed by atoms with Crippen LogP contribution in [0.3, 0.4) is 0 Å². The third-order valence-electron chi connectivity index (χ3n) is 6.32. The smallest absolute Gasteiger partial charge is 0.317 e. The normalized spacial score (nSPS) is 17.9. The molecule has 2 heterocycles. The third kappa shape index (κ3) is 32.2. The largest absolute Gasteiger partial charge is 0.469 e. The van der Waals surface area contributed by atoms with Crippen molar-refractivity contribution < 1.29 is 42.9 Å². The molecule has 0 radical (unpaired) electrons. The van der Waals surface area contributed by atoms with Crippen LogP contribution < -0.4 is 0 Å². The number of rotatable bonds is 4. The summed E-state index contributed by atoms with van der Waals surface area (Å²) in [6.07, 6.45) is 16.9. The van der Waals surface area contributed by atoms with E-state index in [9.17, 15) is 24.0 Å². The Labute approximate surface area is 257 Å². The van der Waals surface area contributed by atoms with Crippen LogP contribution in [0.25, 0.3) is 0 Å². The van der Waals surface area contributed by atoms with Gasteiger partial charge in [-0.3, -0.25) is 24.0 Å². The van der Waals surface area contributed by atoms with Gasteiger partial charge in [0, 0.05) is 20.1 Å². The van der Waals surface area contributed by atoms with Crippen molar-refractivity contribution in [3.63, 3.8) is 0 Å². The minimum Gasteiger partial charge on any atom is -0.469 e. The van der Waals surface area contributed by atoms with Gasteiger partial charge in [-0.15, -0.1) is 0 Å². The van der Waals surface area contributed by atoms with Gasteiger partial charge in [0.1, 0.15) is 0 Å². The van der Waals surface area contributed by atoms with Crippen LogP contribution in [0.5, 0.6) is 0 Å². The molecule has 42 heavy (non-hydrogen) atoms. The molecule has 4 fully saturated rings. The molecule has 0 amide bonds. The lowest BCUT2D eigenvalue weighted by Crippen LogP contribution is -2.04. The second-order valence-corrected chi connectivity index (χ2v) is 9.28. The number of esters is 5. The summed E-state index contributed by atoms with van der Waals surface area (Å²) >= 11 is 0. The van der Waals surface area contributed by atoms with Crippen LogP contribution in [0.15, 0.2) is 0 Å². The van der Waals surface area contributed by atoms with E-state index in [2.05, 4.69) is 25.9 Å². The van der Waals surface area contributed by atoms with E-state index in [1.807, 2.05) is 41.5 Å². The molecule has 2 aliphatic heterocycles. The van der Waals surface area contributed by atoms with E-state index in [-0.39, 0.29) is 43.1 Å². The minimum atomic E-state index is -0.398. The minimum absolute atomic E-state index is 0.157. The average Bonchev–Trinajstić information content (AvgIpc) is 3.86. The molecule has 4 rings (SSSR count). The summed E-state index contributed by atoms with van der Waals surface area (Å²) in [4.78, 5) is 50.9. The maximum absolute atomic E-state index is 10.6. The monoisotopic (exact) mass is 604 g/mol. The van der Waals surface area contributed by atoms with Gasteiger partial charge < -0.3 is 18.9 Å². The Bertz CT molecular complexity index is 622. The molecule has 9 heteroatoms. The zero-order chi connectivity index (χ0) is 33.2. The van der Waals surface area contributed by atoms with Crippen LogP contribution in [0, 0.1) is 11.8 Å². The zero-order valence-electron chi connectivity index (χ0n) is 28.6. The van der Waals surface area contributed by atoms with E-state index in [0.717, 1.165) is 12.5 Å². The highest BCUT2D eigenvalue weighted by molar-refractivity contribution is 5.94. The van der Waals surface area contributed by atoms with Crippen molar-refractivity contribution in [2.75, 3.05) is 20.8 Å².